The van der Waals surface area contributed by atoms with Crippen molar-refractivity contribution >= 4 is 22.6 Å². The van der Waals surface area contributed by atoms with Crippen LogP contribution in [0, 0.1) is 5.92 Å². The SMILES string of the molecule is CC(C)[C@H](CC(C)(C)S(N)=O)c1ccccc1Cl. The molecular weight excluding hydrogens is 266 g/mol. The molecule has 0 radical (unpaired) electrons. The second-order valence-electron chi connectivity index (χ2n) is 5.63. The van der Waals surface area contributed by atoms with Crippen molar-refractivity contribution in [2.45, 2.75) is 44.8 Å². The van der Waals surface area contributed by atoms with Gasteiger partial charge < -0.3 is 0 Å². The fraction of sp³-hybridized carbons (Fsp3) is 0.571. The Labute approximate surface area is 118 Å². The highest BCUT2D eigenvalue weighted by molar-refractivity contribution is 7.84. The highest BCUT2D eigenvalue weighted by Crippen LogP contribution is 2.37. The normalized spacial score (nSPS) is 15.7. The Balaban J connectivity index is 3.06. The van der Waals surface area contributed by atoms with E-state index < -0.39 is 15.7 Å². The van der Waals surface area contributed by atoms with Gasteiger partial charge in [-0.05, 0) is 43.7 Å². The first-order valence-corrected chi connectivity index (χ1v) is 7.75. The lowest BCUT2D eigenvalue weighted by atomic mass is 9.82. The van der Waals surface area contributed by atoms with Crippen molar-refractivity contribution < 1.29 is 4.21 Å². The third kappa shape index (κ3) is 3.81. The minimum absolute atomic E-state index is 0.265. The molecule has 0 spiro atoms. The Hall–Kier alpha value is -0.380. The zero-order chi connectivity index (χ0) is 13.9. The van der Waals surface area contributed by atoms with Gasteiger partial charge in [0.2, 0.25) is 0 Å². The van der Waals surface area contributed by atoms with E-state index in [1.807, 2.05) is 38.1 Å². The van der Waals surface area contributed by atoms with Crippen molar-refractivity contribution in [2.24, 2.45) is 11.1 Å². The van der Waals surface area contributed by atoms with Crippen LogP contribution in [0.3, 0.4) is 0 Å². The van der Waals surface area contributed by atoms with E-state index in [9.17, 15) is 4.21 Å². The van der Waals surface area contributed by atoms with E-state index in [1.165, 1.54) is 0 Å². The van der Waals surface area contributed by atoms with Gasteiger partial charge in [0.25, 0.3) is 0 Å². The minimum atomic E-state index is -1.34. The Bertz CT molecular complexity index is 432. The molecule has 0 fully saturated rings. The Kier molecular flexibility index (Phi) is 5.38. The fourth-order valence-electron chi connectivity index (χ4n) is 2.09. The van der Waals surface area contributed by atoms with Crippen molar-refractivity contribution in [3.8, 4) is 0 Å². The predicted molar refractivity (Wildman–Crippen MR) is 80.1 cm³/mol. The first kappa shape index (κ1) is 15.7. The van der Waals surface area contributed by atoms with Crippen LogP contribution in [0.2, 0.25) is 5.02 Å². The molecule has 0 saturated carbocycles. The van der Waals surface area contributed by atoms with Gasteiger partial charge in [0, 0.05) is 5.02 Å². The molecule has 2 N–H and O–H groups in total. The molecule has 0 amide bonds. The van der Waals surface area contributed by atoms with Gasteiger partial charge in [-0.3, -0.25) is 5.14 Å². The maximum Gasteiger partial charge on any atom is 0.0945 e. The summed E-state index contributed by atoms with van der Waals surface area (Å²) >= 11 is 6.26. The van der Waals surface area contributed by atoms with Crippen LogP contribution in [0.15, 0.2) is 24.3 Å². The summed E-state index contributed by atoms with van der Waals surface area (Å²) in [4.78, 5) is 0. The quantitative estimate of drug-likeness (QED) is 0.878. The van der Waals surface area contributed by atoms with Gasteiger partial charge in [-0.1, -0.05) is 43.6 Å². The maximum atomic E-state index is 11.6. The van der Waals surface area contributed by atoms with E-state index in [-0.39, 0.29) is 5.92 Å². The first-order valence-electron chi connectivity index (χ1n) is 6.16. The van der Waals surface area contributed by atoms with E-state index in [1.54, 1.807) is 0 Å². The van der Waals surface area contributed by atoms with Crippen LogP contribution in [0.4, 0.5) is 0 Å². The summed E-state index contributed by atoms with van der Waals surface area (Å²) in [5.74, 6) is 0.689. The summed E-state index contributed by atoms with van der Waals surface area (Å²) in [6.07, 6.45) is 0.761. The Morgan fingerprint density at radius 3 is 2.33 bits per heavy atom. The molecule has 0 aliphatic rings. The molecule has 2 nitrogen and oxygen atoms in total. The summed E-state index contributed by atoms with van der Waals surface area (Å²) in [6, 6.07) is 7.86. The molecule has 0 bridgehead atoms. The fourth-order valence-corrected chi connectivity index (χ4v) is 2.71. The van der Waals surface area contributed by atoms with Gasteiger partial charge in [0.15, 0.2) is 0 Å². The van der Waals surface area contributed by atoms with Crippen molar-refractivity contribution in [3.05, 3.63) is 34.9 Å². The van der Waals surface area contributed by atoms with Crippen LogP contribution in [0.1, 0.15) is 45.6 Å². The van der Waals surface area contributed by atoms with Crippen molar-refractivity contribution in [2.75, 3.05) is 0 Å². The summed E-state index contributed by atoms with van der Waals surface area (Å²) in [7, 11) is -1.34. The van der Waals surface area contributed by atoms with Crippen LogP contribution < -0.4 is 5.14 Å². The van der Waals surface area contributed by atoms with Crippen LogP contribution in [-0.4, -0.2) is 8.96 Å². The van der Waals surface area contributed by atoms with E-state index in [0.717, 1.165) is 17.0 Å². The molecule has 18 heavy (non-hydrogen) atoms. The molecule has 1 aromatic carbocycles. The molecule has 0 heterocycles. The summed E-state index contributed by atoms with van der Waals surface area (Å²) in [6.45, 7) is 8.19. The highest BCUT2D eigenvalue weighted by atomic mass is 35.5. The van der Waals surface area contributed by atoms with Gasteiger partial charge in [-0.15, -0.1) is 0 Å². The topological polar surface area (TPSA) is 43.1 Å². The largest absolute Gasteiger partial charge is 0.251 e. The van der Waals surface area contributed by atoms with Crippen molar-refractivity contribution in [3.63, 3.8) is 0 Å². The Morgan fingerprint density at radius 1 is 1.33 bits per heavy atom. The lowest BCUT2D eigenvalue weighted by molar-refractivity contribution is 0.422. The van der Waals surface area contributed by atoms with Gasteiger partial charge in [-0.2, -0.15) is 0 Å². The number of rotatable bonds is 5. The van der Waals surface area contributed by atoms with E-state index in [4.69, 9.17) is 16.7 Å². The number of nitrogens with two attached hydrogens (primary N) is 1. The number of hydrogen-bond acceptors (Lipinski definition) is 1. The van der Waals surface area contributed by atoms with Crippen LogP contribution in [-0.2, 0) is 11.0 Å². The molecule has 4 heteroatoms. The molecule has 0 aliphatic carbocycles. The molecule has 0 aromatic heterocycles. The van der Waals surface area contributed by atoms with E-state index >= 15 is 0 Å². The van der Waals surface area contributed by atoms with E-state index in [0.29, 0.717) is 5.92 Å². The number of benzene rings is 1. The van der Waals surface area contributed by atoms with Gasteiger partial charge in [-0.25, -0.2) is 4.21 Å². The molecule has 0 aliphatic heterocycles. The Morgan fingerprint density at radius 2 is 1.89 bits per heavy atom. The standard InChI is InChI=1S/C14H22ClNOS/c1-10(2)12(9-14(3,4)18(16)17)11-7-5-6-8-13(11)15/h5-8,10,12H,9,16H2,1-4H3/t12-,18?/m0/s1. The molecule has 2 atom stereocenters. The zero-order valence-electron chi connectivity index (χ0n) is 11.4. The average Bonchev–Trinajstić information content (AvgIpc) is 2.26. The van der Waals surface area contributed by atoms with E-state index in [2.05, 4.69) is 13.8 Å². The van der Waals surface area contributed by atoms with Crippen LogP contribution >= 0.6 is 11.6 Å². The van der Waals surface area contributed by atoms with Crippen molar-refractivity contribution in [1.82, 2.24) is 0 Å². The van der Waals surface area contributed by atoms with Crippen LogP contribution in [0.5, 0.6) is 0 Å². The first-order chi connectivity index (χ1) is 8.25. The molecule has 1 aromatic rings. The van der Waals surface area contributed by atoms with Gasteiger partial charge in [0.1, 0.15) is 0 Å². The molecular formula is C14H22ClNOS. The van der Waals surface area contributed by atoms with Crippen LogP contribution in [0.25, 0.3) is 0 Å². The minimum Gasteiger partial charge on any atom is -0.251 e. The maximum absolute atomic E-state index is 11.6. The molecule has 1 rings (SSSR count). The van der Waals surface area contributed by atoms with Gasteiger partial charge in [0.05, 0.1) is 15.7 Å². The highest BCUT2D eigenvalue weighted by Gasteiger charge is 2.30. The van der Waals surface area contributed by atoms with Gasteiger partial charge >= 0.3 is 0 Å². The summed E-state index contributed by atoms with van der Waals surface area (Å²) in [5, 5.41) is 6.35. The monoisotopic (exact) mass is 287 g/mol. The molecule has 1 unspecified atom stereocenters. The smallest absolute Gasteiger partial charge is 0.0945 e. The third-order valence-corrected chi connectivity index (χ3v) is 4.97. The lowest BCUT2D eigenvalue weighted by Gasteiger charge is -2.30. The average molecular weight is 288 g/mol. The number of halogens is 1. The predicted octanol–water partition coefficient (Wildman–Crippen LogP) is 3.87. The second-order valence-corrected chi connectivity index (χ2v) is 7.74. The summed E-state index contributed by atoms with van der Waals surface area (Å²) in [5.41, 5.74) is 1.12. The zero-order valence-corrected chi connectivity index (χ0v) is 13.0. The molecule has 0 saturated heterocycles. The third-order valence-electron chi connectivity index (χ3n) is 3.37. The molecule has 102 valence electrons. The number of hydrogen-bond donors (Lipinski definition) is 1. The second kappa shape index (κ2) is 6.18. The lowest BCUT2D eigenvalue weighted by Crippen LogP contribution is -2.34. The summed E-state index contributed by atoms with van der Waals surface area (Å²) < 4.78 is 11.2. The van der Waals surface area contributed by atoms with Crippen molar-refractivity contribution in [1.29, 1.82) is 0 Å².